The summed E-state index contributed by atoms with van der Waals surface area (Å²) in [6.45, 7) is 1.07. The molecule has 92 valence electrons. The molecule has 0 unspecified atom stereocenters. The van der Waals surface area contributed by atoms with Crippen molar-refractivity contribution in [1.82, 2.24) is 0 Å². The number of hydrogen-bond donors (Lipinski definition) is 1. The van der Waals surface area contributed by atoms with Gasteiger partial charge in [-0.15, -0.1) is 0 Å². The smallest absolute Gasteiger partial charge is 0.310 e. The van der Waals surface area contributed by atoms with Crippen LogP contribution in [-0.4, -0.2) is 5.78 Å². The molecular formula is C8H8F5NOS. The maximum atomic E-state index is 12.3. The fourth-order valence-electron chi connectivity index (χ4n) is 1.10. The van der Waals surface area contributed by atoms with Crippen molar-refractivity contribution in [2.75, 3.05) is 5.73 Å². The molecule has 1 aromatic carbocycles. The molecule has 0 aliphatic heterocycles. The van der Waals surface area contributed by atoms with Gasteiger partial charge in [-0.25, -0.2) is 0 Å². The summed E-state index contributed by atoms with van der Waals surface area (Å²) in [6, 6.07) is 0.887. The molecule has 2 nitrogen and oxygen atoms in total. The molecule has 0 saturated carbocycles. The van der Waals surface area contributed by atoms with Crippen molar-refractivity contribution in [3.05, 3.63) is 23.8 Å². The van der Waals surface area contributed by atoms with Gasteiger partial charge < -0.3 is 5.73 Å². The van der Waals surface area contributed by atoms with Crippen LogP contribution in [0.5, 0.6) is 0 Å². The summed E-state index contributed by atoms with van der Waals surface area (Å²) in [5.41, 5.74) is 4.27. The van der Waals surface area contributed by atoms with Crippen molar-refractivity contribution in [1.29, 1.82) is 0 Å². The van der Waals surface area contributed by atoms with Gasteiger partial charge in [0.05, 0.1) is 0 Å². The quantitative estimate of drug-likeness (QED) is 0.494. The lowest BCUT2D eigenvalue weighted by Crippen LogP contribution is -2.08. The molecule has 0 aliphatic carbocycles. The zero-order valence-electron chi connectivity index (χ0n) is 8.02. The van der Waals surface area contributed by atoms with Crippen molar-refractivity contribution in [2.45, 2.75) is 11.8 Å². The van der Waals surface area contributed by atoms with E-state index >= 15 is 0 Å². The zero-order valence-corrected chi connectivity index (χ0v) is 8.83. The van der Waals surface area contributed by atoms with Gasteiger partial charge in [0.2, 0.25) is 0 Å². The monoisotopic (exact) mass is 261 g/mol. The van der Waals surface area contributed by atoms with E-state index in [0.717, 1.165) is 6.92 Å². The Bertz CT molecular complexity index is 466. The Labute approximate surface area is 88.0 Å². The van der Waals surface area contributed by atoms with Gasteiger partial charge in [-0.2, -0.15) is 0 Å². The minimum absolute atomic E-state index is 0.0816. The Morgan fingerprint density at radius 1 is 1.19 bits per heavy atom. The van der Waals surface area contributed by atoms with E-state index in [9.17, 15) is 24.2 Å². The van der Waals surface area contributed by atoms with Gasteiger partial charge in [-0.05, 0) is 25.1 Å². The lowest BCUT2D eigenvalue weighted by atomic mass is 10.1. The van der Waals surface area contributed by atoms with Crippen molar-refractivity contribution < 1.29 is 24.2 Å². The van der Waals surface area contributed by atoms with Crippen LogP contribution in [0.2, 0.25) is 0 Å². The molecule has 0 atom stereocenters. The van der Waals surface area contributed by atoms with Crippen LogP contribution in [-0.2, 0) is 0 Å². The van der Waals surface area contributed by atoms with Crippen molar-refractivity contribution in [3.8, 4) is 0 Å². The first-order valence-corrected chi connectivity index (χ1v) is 5.91. The van der Waals surface area contributed by atoms with Crippen LogP contribution in [0, 0.1) is 0 Å². The number of carbonyl (C=O) groups is 1. The molecule has 0 aliphatic rings. The fraction of sp³-hybridized carbons (Fsp3) is 0.125. The molecule has 0 aromatic heterocycles. The highest BCUT2D eigenvalue weighted by molar-refractivity contribution is 8.45. The van der Waals surface area contributed by atoms with Crippen LogP contribution in [0.4, 0.5) is 25.1 Å². The standard InChI is InChI=1S/C8H8F5NOS/c1-5(15)7-3-2-6(4-8(7)14)16(9,10,11,12)13/h2-4H,14H2,1H3. The van der Waals surface area contributed by atoms with Crippen LogP contribution >= 0.6 is 10.2 Å². The van der Waals surface area contributed by atoms with E-state index in [1.165, 1.54) is 0 Å². The summed E-state index contributed by atoms with van der Waals surface area (Å²) < 4.78 is 61.6. The summed E-state index contributed by atoms with van der Waals surface area (Å²) in [5, 5.41) is 0. The van der Waals surface area contributed by atoms with Gasteiger partial charge in [0.15, 0.2) is 5.78 Å². The Morgan fingerprint density at radius 2 is 1.69 bits per heavy atom. The summed E-state index contributed by atoms with van der Waals surface area (Å²) in [5.74, 6) is -0.591. The Balaban J connectivity index is 3.45. The molecule has 16 heavy (non-hydrogen) atoms. The molecule has 1 aromatic rings. The third kappa shape index (κ3) is 2.63. The minimum atomic E-state index is -9.72. The number of rotatable bonds is 2. The third-order valence-electron chi connectivity index (χ3n) is 1.85. The molecule has 0 bridgehead atoms. The van der Waals surface area contributed by atoms with Crippen molar-refractivity contribution in [3.63, 3.8) is 0 Å². The van der Waals surface area contributed by atoms with Gasteiger partial charge in [0, 0.05) is 11.3 Å². The summed E-state index contributed by atoms with van der Waals surface area (Å²) in [6.07, 6.45) is 0. The Morgan fingerprint density at radius 3 is 2.00 bits per heavy atom. The van der Waals surface area contributed by atoms with Gasteiger partial charge in [-0.3, -0.25) is 4.79 Å². The number of ketones is 1. The second-order valence-electron chi connectivity index (χ2n) is 3.27. The van der Waals surface area contributed by atoms with Crippen molar-refractivity contribution in [2.24, 2.45) is 0 Å². The van der Waals surface area contributed by atoms with Gasteiger partial charge in [-0.1, -0.05) is 19.4 Å². The van der Waals surface area contributed by atoms with E-state index in [-0.39, 0.29) is 17.7 Å². The number of Topliss-reactive ketones (excluding diaryl/α,β-unsaturated/α-hetero) is 1. The van der Waals surface area contributed by atoms with E-state index < -0.39 is 26.6 Å². The average molecular weight is 261 g/mol. The molecule has 0 fully saturated rings. The number of nitrogen functional groups attached to an aromatic ring is 1. The van der Waals surface area contributed by atoms with Crippen molar-refractivity contribution >= 4 is 21.7 Å². The Kier molecular flexibility index (Phi) is 2.14. The molecular weight excluding hydrogens is 253 g/mol. The molecule has 2 N–H and O–H groups in total. The second kappa shape index (κ2) is 2.68. The van der Waals surface area contributed by atoms with E-state index in [2.05, 4.69) is 0 Å². The second-order valence-corrected chi connectivity index (χ2v) is 5.68. The molecule has 0 saturated heterocycles. The zero-order chi connectivity index (χ0) is 12.8. The topological polar surface area (TPSA) is 43.1 Å². The minimum Gasteiger partial charge on any atom is -0.398 e. The Hall–Kier alpha value is -1.31. The molecule has 1 rings (SSSR count). The number of carbonyl (C=O) groups excluding carboxylic acids is 1. The summed E-state index contributed by atoms with van der Waals surface area (Å²) in [4.78, 5) is 8.75. The number of nitrogens with two attached hydrogens (primary N) is 1. The predicted molar refractivity (Wildman–Crippen MR) is 52.3 cm³/mol. The maximum absolute atomic E-state index is 12.3. The molecule has 0 heterocycles. The first-order valence-electron chi connectivity index (χ1n) is 3.96. The lowest BCUT2D eigenvalue weighted by Gasteiger charge is -2.40. The molecule has 8 heteroatoms. The fourth-order valence-corrected chi connectivity index (χ4v) is 1.78. The highest BCUT2D eigenvalue weighted by atomic mass is 32.5. The number of halogens is 5. The number of benzene rings is 1. The van der Waals surface area contributed by atoms with Gasteiger partial charge in [0.1, 0.15) is 4.90 Å². The van der Waals surface area contributed by atoms with Crippen LogP contribution < -0.4 is 5.73 Å². The van der Waals surface area contributed by atoms with Crippen LogP contribution in [0.1, 0.15) is 17.3 Å². The van der Waals surface area contributed by atoms with Gasteiger partial charge in [0.25, 0.3) is 0 Å². The molecule has 0 spiro atoms. The van der Waals surface area contributed by atoms with Crippen LogP contribution in [0.25, 0.3) is 0 Å². The highest BCUT2D eigenvalue weighted by Crippen LogP contribution is 3.02. The SMILES string of the molecule is CC(=O)c1ccc(S(F)(F)(F)(F)F)cc1N. The van der Waals surface area contributed by atoms with E-state index in [1.807, 2.05) is 0 Å². The van der Waals surface area contributed by atoms with Crippen LogP contribution in [0.3, 0.4) is 0 Å². The molecule has 0 radical (unpaired) electrons. The highest BCUT2D eigenvalue weighted by Gasteiger charge is 2.65. The first kappa shape index (κ1) is 12.8. The largest absolute Gasteiger partial charge is 0.398 e. The van der Waals surface area contributed by atoms with Gasteiger partial charge >= 0.3 is 10.2 Å². The molecule has 0 amide bonds. The number of hydrogen-bond acceptors (Lipinski definition) is 2. The first-order chi connectivity index (χ1) is 6.81. The lowest BCUT2D eigenvalue weighted by molar-refractivity contribution is 0.101. The number of anilines is 1. The van der Waals surface area contributed by atoms with E-state index in [1.54, 1.807) is 0 Å². The van der Waals surface area contributed by atoms with Crippen LogP contribution in [0.15, 0.2) is 23.1 Å². The van der Waals surface area contributed by atoms with E-state index in [0.29, 0.717) is 6.07 Å². The summed E-state index contributed by atoms with van der Waals surface area (Å²) >= 11 is 0. The normalized spacial score (nSPS) is 16.4. The maximum Gasteiger partial charge on any atom is 0.310 e. The van der Waals surface area contributed by atoms with E-state index in [4.69, 9.17) is 5.73 Å². The summed E-state index contributed by atoms with van der Waals surface area (Å²) in [7, 11) is -9.72. The predicted octanol–water partition coefficient (Wildman–Crippen LogP) is 4.13. The third-order valence-corrected chi connectivity index (χ3v) is 2.99. The average Bonchev–Trinajstić information content (AvgIpc) is 1.98.